The van der Waals surface area contributed by atoms with Crippen LogP contribution in [0.2, 0.25) is 0 Å². The average molecular weight is 411 g/mol. The molecule has 0 aliphatic carbocycles. The van der Waals surface area contributed by atoms with Gasteiger partial charge in [-0.1, -0.05) is 6.07 Å². The van der Waals surface area contributed by atoms with Gasteiger partial charge in [0, 0.05) is 36.8 Å². The molecular formula is C20H22N6O2S. The quantitative estimate of drug-likeness (QED) is 0.602. The Morgan fingerprint density at radius 2 is 1.93 bits per heavy atom. The number of nitrogens with one attached hydrogen (secondary N) is 1. The lowest BCUT2D eigenvalue weighted by atomic mass is 10.1. The highest BCUT2D eigenvalue weighted by atomic mass is 32.2. The molecule has 0 fully saturated rings. The number of fused-ring (bicyclic) bond motifs is 1. The number of aliphatic imine (C=N–C) groups is 1. The lowest BCUT2D eigenvalue weighted by Gasteiger charge is -2.11. The molecule has 0 bridgehead atoms. The second-order valence-corrected chi connectivity index (χ2v) is 8.86. The fourth-order valence-electron chi connectivity index (χ4n) is 2.60. The first-order valence-corrected chi connectivity index (χ1v) is 10.5. The van der Waals surface area contributed by atoms with Gasteiger partial charge in [-0.25, -0.2) is 13.4 Å². The van der Waals surface area contributed by atoms with Gasteiger partial charge in [0.2, 0.25) is 10.0 Å². The van der Waals surface area contributed by atoms with Crippen molar-refractivity contribution in [3.05, 3.63) is 54.7 Å². The molecule has 0 atom stereocenters. The van der Waals surface area contributed by atoms with E-state index in [2.05, 4.69) is 24.7 Å². The van der Waals surface area contributed by atoms with Crippen LogP contribution in [0.4, 0.5) is 5.69 Å². The van der Waals surface area contributed by atoms with Crippen molar-refractivity contribution in [1.82, 2.24) is 15.0 Å². The summed E-state index contributed by atoms with van der Waals surface area (Å²) >= 11 is 0. The predicted octanol–water partition coefficient (Wildman–Crippen LogP) is 2.84. The van der Waals surface area contributed by atoms with Crippen LogP contribution in [-0.4, -0.2) is 41.9 Å². The summed E-state index contributed by atoms with van der Waals surface area (Å²) in [5, 5.41) is -0.544. The number of nitrogens with zero attached hydrogens (tertiary/aromatic N) is 4. The van der Waals surface area contributed by atoms with Crippen LogP contribution < -0.4 is 10.5 Å². The van der Waals surface area contributed by atoms with Crippen molar-refractivity contribution in [2.45, 2.75) is 19.1 Å². The van der Waals surface area contributed by atoms with Crippen LogP contribution in [-0.2, 0) is 10.0 Å². The highest BCUT2D eigenvalue weighted by Crippen LogP contribution is 2.25. The minimum atomic E-state index is -3.45. The summed E-state index contributed by atoms with van der Waals surface area (Å²) in [5.74, 6) is 0. The molecule has 3 N–H and O–H groups in total. The second kappa shape index (κ2) is 8.36. The number of benzene rings is 1. The smallest absolute Gasteiger partial charge is 0.235 e. The van der Waals surface area contributed by atoms with E-state index in [1.165, 1.54) is 12.4 Å². The molecule has 2 heterocycles. The Morgan fingerprint density at radius 1 is 1.14 bits per heavy atom. The summed E-state index contributed by atoms with van der Waals surface area (Å²) in [6.07, 6.45) is 7.84. The summed E-state index contributed by atoms with van der Waals surface area (Å²) in [7, 11) is -1.79. The Bertz CT molecular complexity index is 1200. The van der Waals surface area contributed by atoms with E-state index in [0.717, 1.165) is 16.6 Å². The molecule has 8 nitrogen and oxygen atoms in total. The highest BCUT2D eigenvalue weighted by molar-refractivity contribution is 7.93. The first-order valence-electron chi connectivity index (χ1n) is 8.92. The van der Waals surface area contributed by atoms with Crippen molar-refractivity contribution in [2.75, 3.05) is 11.8 Å². The van der Waals surface area contributed by atoms with Crippen LogP contribution in [0.5, 0.6) is 0 Å². The highest BCUT2D eigenvalue weighted by Gasteiger charge is 2.16. The van der Waals surface area contributed by atoms with E-state index in [1.54, 1.807) is 45.6 Å². The maximum absolute atomic E-state index is 12.1. The molecule has 0 aliphatic heterocycles. The maximum atomic E-state index is 12.1. The number of pyridine rings is 1. The zero-order valence-corrected chi connectivity index (χ0v) is 17.2. The van der Waals surface area contributed by atoms with Crippen LogP contribution in [0.15, 0.2) is 54.0 Å². The molecule has 9 heteroatoms. The number of rotatable bonds is 6. The van der Waals surface area contributed by atoms with Crippen LogP contribution in [0.25, 0.3) is 27.7 Å². The van der Waals surface area contributed by atoms with Crippen molar-refractivity contribution in [3.8, 4) is 11.1 Å². The van der Waals surface area contributed by atoms with Gasteiger partial charge in [-0.05, 0) is 37.6 Å². The van der Waals surface area contributed by atoms with Crippen LogP contribution in [0, 0.1) is 0 Å². The van der Waals surface area contributed by atoms with E-state index in [4.69, 9.17) is 5.73 Å². The molecule has 1 aromatic carbocycles. The van der Waals surface area contributed by atoms with Crippen LogP contribution in [0.1, 0.15) is 19.5 Å². The molecule has 150 valence electrons. The Balaban J connectivity index is 2.01. The number of aromatic nitrogens is 3. The molecular weight excluding hydrogens is 388 g/mol. The molecule has 29 heavy (non-hydrogen) atoms. The lowest BCUT2D eigenvalue weighted by molar-refractivity contribution is 0.593. The fourth-order valence-corrected chi connectivity index (χ4v) is 3.28. The van der Waals surface area contributed by atoms with Gasteiger partial charge in [0.15, 0.2) is 0 Å². The maximum Gasteiger partial charge on any atom is 0.235 e. The van der Waals surface area contributed by atoms with Crippen LogP contribution in [0.3, 0.4) is 0 Å². The number of hydrogen-bond donors (Lipinski definition) is 2. The molecule has 0 unspecified atom stereocenters. The monoisotopic (exact) mass is 410 g/mol. The Morgan fingerprint density at radius 3 is 2.62 bits per heavy atom. The predicted molar refractivity (Wildman–Crippen MR) is 117 cm³/mol. The number of allylic oxidation sites excluding steroid dienone is 1. The third kappa shape index (κ3) is 4.57. The molecule has 3 aromatic rings. The van der Waals surface area contributed by atoms with E-state index in [1.807, 2.05) is 18.2 Å². The van der Waals surface area contributed by atoms with Gasteiger partial charge in [-0.3, -0.25) is 19.7 Å². The first-order chi connectivity index (χ1) is 13.8. The molecule has 0 radical (unpaired) electrons. The molecule has 0 saturated heterocycles. The molecule has 0 amide bonds. The SMILES string of the molecule is CN=C/C(=C\N)c1cnc2ccc(-c3cncc(NS(=O)(=O)C(C)C)c3)cc2n1. The Labute approximate surface area is 169 Å². The topological polar surface area (TPSA) is 123 Å². The normalized spacial score (nSPS) is 12.8. The molecule has 0 aliphatic rings. The van der Waals surface area contributed by atoms with Gasteiger partial charge in [0.25, 0.3) is 0 Å². The van der Waals surface area contributed by atoms with Gasteiger partial charge >= 0.3 is 0 Å². The zero-order valence-electron chi connectivity index (χ0n) is 16.4. The summed E-state index contributed by atoms with van der Waals surface area (Å²) in [5.41, 5.74) is 10.3. The molecule has 3 rings (SSSR count). The van der Waals surface area contributed by atoms with Crippen molar-refractivity contribution in [2.24, 2.45) is 10.7 Å². The Kier molecular flexibility index (Phi) is 5.88. The summed E-state index contributed by atoms with van der Waals surface area (Å²) in [6, 6.07) is 7.36. The fraction of sp³-hybridized carbons (Fsp3) is 0.200. The largest absolute Gasteiger partial charge is 0.404 e. The summed E-state index contributed by atoms with van der Waals surface area (Å²) < 4.78 is 26.8. The minimum absolute atomic E-state index is 0.406. The van der Waals surface area contributed by atoms with E-state index < -0.39 is 15.3 Å². The third-order valence-corrected chi connectivity index (χ3v) is 6.00. The second-order valence-electron chi connectivity index (χ2n) is 6.63. The van der Waals surface area contributed by atoms with Gasteiger partial charge in [0.05, 0.1) is 40.1 Å². The van der Waals surface area contributed by atoms with Crippen molar-refractivity contribution >= 4 is 38.5 Å². The minimum Gasteiger partial charge on any atom is -0.404 e. The van der Waals surface area contributed by atoms with Gasteiger partial charge in [-0.15, -0.1) is 0 Å². The van der Waals surface area contributed by atoms with E-state index >= 15 is 0 Å². The molecule has 2 aromatic heterocycles. The standard InChI is InChI=1S/C20H22N6O2S/c1-13(2)29(27,28)26-17-6-15(10-23-11-17)14-4-5-18-19(7-14)25-20(12-24-18)16(8-21)9-22-3/h4-13,26H,21H2,1-3H3/b16-8+,22-9?. The summed E-state index contributed by atoms with van der Waals surface area (Å²) in [4.78, 5) is 17.2. The number of sulfonamides is 1. The molecule has 0 saturated carbocycles. The van der Waals surface area contributed by atoms with E-state index in [9.17, 15) is 8.42 Å². The third-order valence-electron chi connectivity index (χ3n) is 4.24. The first kappa shape index (κ1) is 20.4. The average Bonchev–Trinajstić information content (AvgIpc) is 2.71. The zero-order chi connectivity index (χ0) is 21.0. The number of hydrogen-bond acceptors (Lipinski definition) is 7. The van der Waals surface area contributed by atoms with Gasteiger partial charge < -0.3 is 5.73 Å². The number of anilines is 1. The Hall–Kier alpha value is -3.33. The van der Waals surface area contributed by atoms with Gasteiger partial charge in [-0.2, -0.15) is 0 Å². The van der Waals surface area contributed by atoms with Gasteiger partial charge in [0.1, 0.15) is 0 Å². The van der Waals surface area contributed by atoms with Crippen molar-refractivity contribution in [3.63, 3.8) is 0 Å². The summed E-state index contributed by atoms with van der Waals surface area (Å²) in [6.45, 7) is 3.24. The lowest BCUT2D eigenvalue weighted by Crippen LogP contribution is -2.22. The van der Waals surface area contributed by atoms with E-state index in [-0.39, 0.29) is 0 Å². The van der Waals surface area contributed by atoms with Crippen molar-refractivity contribution < 1.29 is 8.42 Å². The molecule has 0 spiro atoms. The number of nitrogens with two attached hydrogens (primary N) is 1. The van der Waals surface area contributed by atoms with Crippen LogP contribution >= 0.6 is 0 Å². The van der Waals surface area contributed by atoms with Crippen molar-refractivity contribution in [1.29, 1.82) is 0 Å². The van der Waals surface area contributed by atoms with E-state index in [0.29, 0.717) is 22.5 Å².